The van der Waals surface area contributed by atoms with Crippen molar-refractivity contribution >= 4 is 0 Å². The summed E-state index contributed by atoms with van der Waals surface area (Å²) in [6.07, 6.45) is -0.872. The van der Waals surface area contributed by atoms with Crippen LogP contribution < -0.4 is 4.74 Å². The summed E-state index contributed by atoms with van der Waals surface area (Å²) in [5.41, 5.74) is 0.579. The standard InChI is InChI=1S/C14H22O3/c1-10(17-14(2,3)4)13(15)11-6-8-12(16-5)9-7-11/h6-10,13,15H,1-5H3. The number of rotatable bonds is 4. The molecule has 1 aromatic carbocycles. The van der Waals surface area contributed by atoms with Crippen molar-refractivity contribution in [3.63, 3.8) is 0 Å². The summed E-state index contributed by atoms with van der Waals surface area (Å²) < 4.78 is 10.8. The van der Waals surface area contributed by atoms with Crippen LogP contribution in [0.4, 0.5) is 0 Å². The van der Waals surface area contributed by atoms with Crippen molar-refractivity contribution in [3.8, 4) is 5.75 Å². The van der Waals surface area contributed by atoms with Crippen LogP contribution in [-0.4, -0.2) is 23.9 Å². The van der Waals surface area contributed by atoms with Gasteiger partial charge in [0.1, 0.15) is 11.9 Å². The number of ether oxygens (including phenoxy) is 2. The molecule has 0 radical (unpaired) electrons. The van der Waals surface area contributed by atoms with Gasteiger partial charge in [-0.15, -0.1) is 0 Å². The molecule has 0 spiro atoms. The molecular formula is C14H22O3. The SMILES string of the molecule is COc1ccc(C(O)C(C)OC(C)(C)C)cc1. The molecule has 0 amide bonds. The fraction of sp³-hybridized carbons (Fsp3) is 0.571. The van der Waals surface area contributed by atoms with Crippen LogP contribution in [0.5, 0.6) is 5.75 Å². The minimum atomic E-state index is -0.625. The molecule has 3 nitrogen and oxygen atoms in total. The van der Waals surface area contributed by atoms with Crippen LogP contribution in [0.25, 0.3) is 0 Å². The third-order valence-electron chi connectivity index (χ3n) is 2.44. The minimum absolute atomic E-state index is 0.247. The highest BCUT2D eigenvalue weighted by molar-refractivity contribution is 5.28. The number of hydrogen-bond acceptors (Lipinski definition) is 3. The molecule has 0 heterocycles. The molecule has 1 N–H and O–H groups in total. The van der Waals surface area contributed by atoms with Gasteiger partial charge in [-0.3, -0.25) is 0 Å². The number of aliphatic hydroxyl groups excluding tert-OH is 1. The Hall–Kier alpha value is -1.06. The van der Waals surface area contributed by atoms with Gasteiger partial charge >= 0.3 is 0 Å². The van der Waals surface area contributed by atoms with Crippen molar-refractivity contribution in [2.45, 2.75) is 45.5 Å². The average molecular weight is 238 g/mol. The predicted octanol–water partition coefficient (Wildman–Crippen LogP) is 2.93. The average Bonchev–Trinajstić information content (AvgIpc) is 2.26. The van der Waals surface area contributed by atoms with E-state index in [2.05, 4.69) is 0 Å². The largest absolute Gasteiger partial charge is 0.497 e. The second-order valence-electron chi connectivity index (χ2n) is 5.15. The lowest BCUT2D eigenvalue weighted by Crippen LogP contribution is -2.29. The number of methoxy groups -OCH3 is 1. The quantitative estimate of drug-likeness (QED) is 0.876. The second-order valence-corrected chi connectivity index (χ2v) is 5.15. The van der Waals surface area contributed by atoms with Gasteiger partial charge in [0, 0.05) is 0 Å². The maximum Gasteiger partial charge on any atom is 0.118 e. The van der Waals surface area contributed by atoms with Gasteiger partial charge in [-0.2, -0.15) is 0 Å². The van der Waals surface area contributed by atoms with E-state index in [9.17, 15) is 5.11 Å². The summed E-state index contributed by atoms with van der Waals surface area (Å²) in [5.74, 6) is 0.783. The Labute approximate surface area is 103 Å². The zero-order valence-electron chi connectivity index (χ0n) is 11.2. The molecule has 17 heavy (non-hydrogen) atoms. The van der Waals surface area contributed by atoms with Crippen molar-refractivity contribution in [3.05, 3.63) is 29.8 Å². The van der Waals surface area contributed by atoms with E-state index in [-0.39, 0.29) is 11.7 Å². The molecule has 0 saturated carbocycles. The maximum atomic E-state index is 10.2. The van der Waals surface area contributed by atoms with E-state index in [1.807, 2.05) is 52.0 Å². The lowest BCUT2D eigenvalue weighted by atomic mass is 10.0. The molecule has 0 aliphatic carbocycles. The van der Waals surface area contributed by atoms with Crippen molar-refractivity contribution in [1.82, 2.24) is 0 Å². The van der Waals surface area contributed by atoms with E-state index in [0.29, 0.717) is 0 Å². The first-order valence-electron chi connectivity index (χ1n) is 5.83. The van der Waals surface area contributed by atoms with Crippen LogP contribution in [0, 0.1) is 0 Å². The Bertz CT molecular complexity index is 337. The fourth-order valence-electron chi connectivity index (χ4n) is 1.69. The van der Waals surface area contributed by atoms with Gasteiger partial charge in [-0.05, 0) is 45.4 Å². The van der Waals surface area contributed by atoms with Crippen LogP contribution in [-0.2, 0) is 4.74 Å². The molecule has 1 aromatic rings. The first kappa shape index (κ1) is 14.0. The third-order valence-corrected chi connectivity index (χ3v) is 2.44. The van der Waals surface area contributed by atoms with Crippen LogP contribution in [0.2, 0.25) is 0 Å². The highest BCUT2D eigenvalue weighted by Gasteiger charge is 2.22. The molecule has 1 rings (SSSR count). The Kier molecular flexibility index (Phi) is 4.54. The molecular weight excluding hydrogens is 216 g/mol. The van der Waals surface area contributed by atoms with Crippen molar-refractivity contribution in [2.24, 2.45) is 0 Å². The zero-order valence-corrected chi connectivity index (χ0v) is 11.2. The van der Waals surface area contributed by atoms with Crippen molar-refractivity contribution < 1.29 is 14.6 Å². The van der Waals surface area contributed by atoms with Gasteiger partial charge in [0.25, 0.3) is 0 Å². The van der Waals surface area contributed by atoms with Gasteiger partial charge in [-0.1, -0.05) is 12.1 Å². The molecule has 0 saturated heterocycles. The molecule has 0 aliphatic heterocycles. The van der Waals surface area contributed by atoms with Gasteiger partial charge in [0.15, 0.2) is 0 Å². The van der Waals surface area contributed by atoms with Gasteiger partial charge in [0.05, 0.1) is 18.8 Å². The monoisotopic (exact) mass is 238 g/mol. The second kappa shape index (κ2) is 5.52. The normalized spacial score (nSPS) is 15.4. The summed E-state index contributed by atoms with van der Waals surface area (Å²) in [5, 5.41) is 10.2. The van der Waals surface area contributed by atoms with Gasteiger partial charge < -0.3 is 14.6 Å². The Morgan fingerprint density at radius 1 is 1.12 bits per heavy atom. The Balaban J connectivity index is 2.71. The molecule has 2 atom stereocenters. The topological polar surface area (TPSA) is 38.7 Å². The molecule has 0 fully saturated rings. The van der Waals surface area contributed by atoms with E-state index in [1.165, 1.54) is 0 Å². The molecule has 0 aromatic heterocycles. The number of hydrogen-bond donors (Lipinski definition) is 1. The molecule has 3 heteroatoms. The van der Waals surface area contributed by atoms with Crippen molar-refractivity contribution in [1.29, 1.82) is 0 Å². The van der Waals surface area contributed by atoms with Crippen LogP contribution in [0.1, 0.15) is 39.4 Å². The first-order valence-corrected chi connectivity index (χ1v) is 5.83. The van der Waals surface area contributed by atoms with E-state index < -0.39 is 6.10 Å². The summed E-state index contributed by atoms with van der Waals surface area (Å²) >= 11 is 0. The fourth-order valence-corrected chi connectivity index (χ4v) is 1.69. The molecule has 0 bridgehead atoms. The third kappa shape index (κ3) is 4.36. The smallest absolute Gasteiger partial charge is 0.118 e. The maximum absolute atomic E-state index is 10.2. The van der Waals surface area contributed by atoms with E-state index >= 15 is 0 Å². The predicted molar refractivity (Wildman–Crippen MR) is 68.3 cm³/mol. The first-order chi connectivity index (χ1) is 7.83. The highest BCUT2D eigenvalue weighted by Crippen LogP contribution is 2.24. The van der Waals surface area contributed by atoms with E-state index in [0.717, 1.165) is 11.3 Å². The van der Waals surface area contributed by atoms with Crippen LogP contribution in [0.3, 0.4) is 0 Å². The summed E-state index contributed by atoms with van der Waals surface area (Å²) in [7, 11) is 1.62. The van der Waals surface area contributed by atoms with Gasteiger partial charge in [-0.25, -0.2) is 0 Å². The van der Waals surface area contributed by atoms with Gasteiger partial charge in [0.2, 0.25) is 0 Å². The lowest BCUT2D eigenvalue weighted by molar-refractivity contribution is -0.103. The van der Waals surface area contributed by atoms with Crippen LogP contribution in [0.15, 0.2) is 24.3 Å². The summed E-state index contributed by atoms with van der Waals surface area (Å²) in [4.78, 5) is 0. The zero-order chi connectivity index (χ0) is 13.1. The Morgan fingerprint density at radius 2 is 1.65 bits per heavy atom. The highest BCUT2D eigenvalue weighted by atomic mass is 16.5. The van der Waals surface area contributed by atoms with Crippen molar-refractivity contribution in [2.75, 3.05) is 7.11 Å². The lowest BCUT2D eigenvalue weighted by Gasteiger charge is -2.28. The van der Waals surface area contributed by atoms with E-state index in [1.54, 1.807) is 7.11 Å². The Morgan fingerprint density at radius 3 is 2.06 bits per heavy atom. The van der Waals surface area contributed by atoms with E-state index in [4.69, 9.17) is 9.47 Å². The minimum Gasteiger partial charge on any atom is -0.497 e. The molecule has 0 aliphatic rings. The summed E-state index contributed by atoms with van der Waals surface area (Å²) in [6.45, 7) is 7.80. The molecule has 96 valence electrons. The number of benzene rings is 1. The van der Waals surface area contributed by atoms with Crippen LogP contribution >= 0.6 is 0 Å². The molecule has 2 unspecified atom stereocenters. The number of aliphatic hydroxyl groups is 1. The summed E-state index contributed by atoms with van der Waals surface area (Å²) in [6, 6.07) is 7.38.